The Hall–Kier alpha value is -3.18. The van der Waals surface area contributed by atoms with Crippen molar-refractivity contribution < 1.29 is 18.9 Å². The molecular formula is C22H20ClN2O3+. The molecule has 1 aromatic heterocycles. The Balaban J connectivity index is 1.78. The highest BCUT2D eigenvalue weighted by molar-refractivity contribution is 6.34. The number of ether oxygens (including phenoxy) is 1. The number of halogens is 1. The summed E-state index contributed by atoms with van der Waals surface area (Å²) >= 11 is 6.20. The van der Waals surface area contributed by atoms with Crippen molar-refractivity contribution in [3.63, 3.8) is 0 Å². The number of aromatic nitrogens is 1. The minimum Gasteiger partial charge on any atom is -0.462 e. The highest BCUT2D eigenvalue weighted by Crippen LogP contribution is 2.26. The van der Waals surface area contributed by atoms with Crippen molar-refractivity contribution in [3.8, 4) is 11.1 Å². The van der Waals surface area contributed by atoms with Crippen LogP contribution < -0.4 is 9.88 Å². The van der Waals surface area contributed by atoms with Crippen molar-refractivity contribution in [3.05, 3.63) is 83.6 Å². The Labute approximate surface area is 168 Å². The van der Waals surface area contributed by atoms with E-state index in [1.54, 1.807) is 29.7 Å². The van der Waals surface area contributed by atoms with Crippen molar-refractivity contribution in [2.75, 3.05) is 11.9 Å². The van der Waals surface area contributed by atoms with Crippen molar-refractivity contribution >= 4 is 29.2 Å². The molecule has 0 aliphatic heterocycles. The summed E-state index contributed by atoms with van der Waals surface area (Å²) in [4.78, 5) is 24.7. The number of pyridine rings is 1. The van der Waals surface area contributed by atoms with Crippen LogP contribution in [0.25, 0.3) is 11.1 Å². The Kier molecular flexibility index (Phi) is 6.40. The molecule has 6 heteroatoms. The second-order valence-electron chi connectivity index (χ2n) is 6.06. The van der Waals surface area contributed by atoms with Gasteiger partial charge in [-0.1, -0.05) is 48.0 Å². The molecule has 0 unspecified atom stereocenters. The molecule has 0 aliphatic carbocycles. The first-order valence-electron chi connectivity index (χ1n) is 8.88. The van der Waals surface area contributed by atoms with Gasteiger partial charge in [0.05, 0.1) is 22.9 Å². The smallest absolute Gasteiger partial charge is 0.340 e. The fourth-order valence-electron chi connectivity index (χ4n) is 2.80. The molecule has 0 saturated carbocycles. The van der Waals surface area contributed by atoms with Crippen LogP contribution in [0.15, 0.2) is 73.1 Å². The van der Waals surface area contributed by atoms with Gasteiger partial charge >= 0.3 is 5.97 Å². The number of hydrogen-bond acceptors (Lipinski definition) is 3. The highest BCUT2D eigenvalue weighted by Gasteiger charge is 2.19. The molecule has 0 aliphatic rings. The molecule has 2 aromatic carbocycles. The van der Waals surface area contributed by atoms with Gasteiger partial charge in [-0.25, -0.2) is 4.79 Å². The molecule has 28 heavy (non-hydrogen) atoms. The van der Waals surface area contributed by atoms with Crippen LogP contribution in [0.3, 0.4) is 0 Å². The molecule has 142 valence electrons. The van der Waals surface area contributed by atoms with Crippen LogP contribution in [-0.2, 0) is 16.1 Å². The van der Waals surface area contributed by atoms with Crippen LogP contribution in [-0.4, -0.2) is 18.5 Å². The molecule has 0 saturated heterocycles. The van der Waals surface area contributed by atoms with Gasteiger partial charge in [0.1, 0.15) is 0 Å². The third-order valence-electron chi connectivity index (χ3n) is 4.06. The predicted octanol–water partition coefficient (Wildman–Crippen LogP) is 4.11. The Bertz CT molecular complexity index is 990. The summed E-state index contributed by atoms with van der Waals surface area (Å²) in [6, 6.07) is 18.6. The zero-order valence-corrected chi connectivity index (χ0v) is 16.1. The average Bonchev–Trinajstić information content (AvgIpc) is 2.70. The largest absolute Gasteiger partial charge is 0.462 e. The van der Waals surface area contributed by atoms with E-state index in [4.69, 9.17) is 16.3 Å². The first-order valence-corrected chi connectivity index (χ1v) is 9.26. The second-order valence-corrected chi connectivity index (χ2v) is 6.47. The zero-order valence-electron chi connectivity index (χ0n) is 15.4. The van der Waals surface area contributed by atoms with E-state index in [2.05, 4.69) is 5.32 Å². The molecule has 0 bridgehead atoms. The number of rotatable bonds is 6. The van der Waals surface area contributed by atoms with E-state index in [1.165, 1.54) is 0 Å². The Morgan fingerprint density at radius 1 is 1.00 bits per heavy atom. The molecule has 0 radical (unpaired) electrons. The summed E-state index contributed by atoms with van der Waals surface area (Å²) in [6.45, 7) is 2.03. The number of carbonyl (C=O) groups is 2. The van der Waals surface area contributed by atoms with Crippen molar-refractivity contribution in [1.82, 2.24) is 0 Å². The van der Waals surface area contributed by atoms with Gasteiger partial charge in [0.15, 0.2) is 12.4 Å². The van der Waals surface area contributed by atoms with E-state index in [-0.39, 0.29) is 35.3 Å². The molecule has 1 N–H and O–H groups in total. The van der Waals surface area contributed by atoms with Gasteiger partial charge in [-0.05, 0) is 30.7 Å². The summed E-state index contributed by atoms with van der Waals surface area (Å²) < 4.78 is 6.81. The third kappa shape index (κ3) is 4.75. The van der Waals surface area contributed by atoms with Gasteiger partial charge in [-0.15, -0.1) is 0 Å². The normalized spacial score (nSPS) is 10.4. The fraction of sp³-hybridized carbons (Fsp3) is 0.136. The lowest BCUT2D eigenvalue weighted by molar-refractivity contribution is -0.683. The van der Waals surface area contributed by atoms with E-state index < -0.39 is 5.97 Å². The minimum absolute atomic E-state index is 0.0775. The lowest BCUT2D eigenvalue weighted by atomic mass is 10.1. The maximum absolute atomic E-state index is 12.6. The number of anilines is 1. The van der Waals surface area contributed by atoms with E-state index >= 15 is 0 Å². The van der Waals surface area contributed by atoms with E-state index in [0.717, 1.165) is 11.1 Å². The van der Waals surface area contributed by atoms with Crippen LogP contribution in [0.5, 0.6) is 0 Å². The van der Waals surface area contributed by atoms with E-state index in [0.29, 0.717) is 0 Å². The Morgan fingerprint density at radius 2 is 1.75 bits per heavy atom. The number of hydrogen-bond donors (Lipinski definition) is 1. The van der Waals surface area contributed by atoms with E-state index in [1.807, 2.05) is 54.9 Å². The first kappa shape index (κ1) is 19.6. The molecule has 3 aromatic rings. The summed E-state index contributed by atoms with van der Waals surface area (Å²) in [5.74, 6) is -0.826. The molecule has 3 rings (SSSR count). The predicted molar refractivity (Wildman–Crippen MR) is 108 cm³/mol. The van der Waals surface area contributed by atoms with E-state index in [9.17, 15) is 9.59 Å². The van der Waals surface area contributed by atoms with Crippen molar-refractivity contribution in [2.45, 2.75) is 13.5 Å². The molecule has 0 spiro atoms. The summed E-state index contributed by atoms with van der Waals surface area (Å²) in [5.41, 5.74) is 2.55. The average molecular weight is 396 g/mol. The molecule has 5 nitrogen and oxygen atoms in total. The first-order chi connectivity index (χ1) is 13.6. The van der Waals surface area contributed by atoms with Gasteiger partial charge in [0, 0.05) is 11.6 Å². The van der Waals surface area contributed by atoms with Gasteiger partial charge in [-0.3, -0.25) is 4.79 Å². The van der Waals surface area contributed by atoms with Crippen LogP contribution in [0.4, 0.5) is 5.69 Å². The summed E-state index contributed by atoms with van der Waals surface area (Å²) in [5, 5.41) is 3.01. The number of nitrogens with zero attached hydrogens (tertiary/aromatic N) is 1. The maximum Gasteiger partial charge on any atom is 0.340 e. The molecule has 1 amide bonds. The number of amides is 1. The quantitative estimate of drug-likeness (QED) is 0.504. The van der Waals surface area contributed by atoms with Crippen LogP contribution in [0, 0.1) is 0 Å². The summed E-state index contributed by atoms with van der Waals surface area (Å²) in [6.07, 6.45) is 3.71. The standard InChI is InChI=1S/C22H19ClN2O3/c1-2-28-22(27)18-11-6-12-19(23)21(18)24-20(26)15-25-13-7-10-17(14-25)16-8-4-3-5-9-16/h3-14H,2,15H2,1H3/p+1. The number of esters is 1. The SMILES string of the molecule is CCOC(=O)c1cccc(Cl)c1NC(=O)C[n+]1cccc(-c2ccccc2)c1. The van der Waals surface area contributed by atoms with Crippen LogP contribution >= 0.6 is 11.6 Å². The molecule has 1 heterocycles. The molecular weight excluding hydrogens is 376 g/mol. The number of carbonyl (C=O) groups excluding carboxylic acids is 2. The molecule has 0 fully saturated rings. The highest BCUT2D eigenvalue weighted by atomic mass is 35.5. The molecule has 0 atom stereocenters. The number of para-hydroxylation sites is 1. The fourth-order valence-corrected chi connectivity index (χ4v) is 3.02. The van der Waals surface area contributed by atoms with Gasteiger partial charge in [-0.2, -0.15) is 4.57 Å². The lowest BCUT2D eigenvalue weighted by Crippen LogP contribution is -2.40. The van der Waals surface area contributed by atoms with Gasteiger partial charge in [0.2, 0.25) is 6.54 Å². The topological polar surface area (TPSA) is 59.3 Å². The van der Waals surface area contributed by atoms with Gasteiger partial charge < -0.3 is 10.1 Å². The zero-order chi connectivity index (χ0) is 19.9. The third-order valence-corrected chi connectivity index (χ3v) is 4.38. The second kappa shape index (κ2) is 9.15. The van der Waals surface area contributed by atoms with Crippen LogP contribution in [0.1, 0.15) is 17.3 Å². The van der Waals surface area contributed by atoms with Crippen molar-refractivity contribution in [2.24, 2.45) is 0 Å². The number of nitrogens with one attached hydrogen (secondary N) is 1. The maximum atomic E-state index is 12.6. The monoisotopic (exact) mass is 395 g/mol. The minimum atomic E-state index is -0.529. The Morgan fingerprint density at radius 3 is 2.50 bits per heavy atom. The van der Waals surface area contributed by atoms with Crippen molar-refractivity contribution in [1.29, 1.82) is 0 Å². The summed E-state index contributed by atoms with van der Waals surface area (Å²) in [7, 11) is 0. The lowest BCUT2D eigenvalue weighted by Gasteiger charge is -2.11. The van der Waals surface area contributed by atoms with Gasteiger partial charge in [0.25, 0.3) is 5.91 Å². The van der Waals surface area contributed by atoms with Crippen LogP contribution in [0.2, 0.25) is 5.02 Å². The number of benzene rings is 2.